The van der Waals surface area contributed by atoms with Gasteiger partial charge in [-0.2, -0.15) is 0 Å². The van der Waals surface area contributed by atoms with E-state index in [0.717, 1.165) is 12.9 Å². The fourth-order valence-corrected chi connectivity index (χ4v) is 99.9. The third kappa shape index (κ3) is 0.0359. The molecule has 10 rings (SSSR count). The molecular formula is C14H16Fe. The summed E-state index contributed by atoms with van der Waals surface area (Å²) in [6.07, 6.45) is 2.58. The van der Waals surface area contributed by atoms with Gasteiger partial charge in [-0.05, 0) is 0 Å². The van der Waals surface area contributed by atoms with Crippen LogP contribution in [0.4, 0.5) is 0 Å². The van der Waals surface area contributed by atoms with Crippen molar-refractivity contribution >= 4 is 0 Å². The van der Waals surface area contributed by atoms with Crippen LogP contribution in [0.5, 0.6) is 0 Å². The van der Waals surface area contributed by atoms with Crippen molar-refractivity contribution in [1.82, 2.24) is 0 Å². The number of fused-ring (bicyclic) bond motifs is 10. The van der Waals surface area contributed by atoms with Gasteiger partial charge in [0.05, 0.1) is 0 Å². The Morgan fingerprint density at radius 3 is 1.60 bits per heavy atom. The zero-order chi connectivity index (χ0) is 9.56. The Morgan fingerprint density at radius 2 is 1.53 bits per heavy atom. The molecule has 0 radical (unpaired) electrons. The second kappa shape index (κ2) is 0.345. The van der Waals surface area contributed by atoms with Gasteiger partial charge < -0.3 is 0 Å². The molecule has 0 aromatic rings. The predicted molar refractivity (Wildman–Crippen MR) is 55.9 cm³/mol. The molecular weight excluding hydrogens is 224 g/mol. The molecule has 5 atom stereocenters. The maximum atomic E-state index is 4.36. The molecule has 1 spiro atoms. The minimum atomic E-state index is -2.96. The van der Waals surface area contributed by atoms with Crippen molar-refractivity contribution in [1.29, 1.82) is 0 Å². The summed E-state index contributed by atoms with van der Waals surface area (Å²) in [5, 5.41) is 0. The van der Waals surface area contributed by atoms with E-state index in [4.69, 9.17) is 0 Å². The van der Waals surface area contributed by atoms with Gasteiger partial charge in [0.15, 0.2) is 0 Å². The Bertz CT molecular complexity index is 988. The van der Waals surface area contributed by atoms with Crippen LogP contribution < -0.4 is 0 Å². The Balaban J connectivity index is 2.02. The van der Waals surface area contributed by atoms with Crippen LogP contribution in [0.3, 0.4) is 0 Å². The molecule has 1 heteroatoms. The average molecular weight is 240 g/mol. The molecule has 0 aliphatic carbocycles. The second-order valence-corrected chi connectivity index (χ2v) is 34.2. The van der Waals surface area contributed by atoms with E-state index in [-0.39, 0.29) is 0 Å². The molecule has 0 bridgehead atoms. The molecule has 0 amide bonds. The number of rotatable bonds is 1. The molecule has 0 aromatic heterocycles. The van der Waals surface area contributed by atoms with Crippen LogP contribution in [-0.2, 0) is 6.51 Å². The van der Waals surface area contributed by atoms with Crippen molar-refractivity contribution in [2.24, 2.45) is 0 Å². The molecule has 15 heavy (non-hydrogen) atoms. The molecule has 10 fully saturated rings. The number of hydrogen-bond acceptors (Lipinski definition) is 0. The number of hydrogen-bond donors (Lipinski definition) is 0. The van der Waals surface area contributed by atoms with E-state index in [0.29, 0.717) is 0 Å². The molecule has 10 aliphatic heterocycles. The molecule has 0 saturated carbocycles. The van der Waals surface area contributed by atoms with Crippen LogP contribution >= 0.6 is 0 Å². The van der Waals surface area contributed by atoms with Gasteiger partial charge in [0.2, 0.25) is 0 Å². The molecule has 5 unspecified atom stereocenters. The van der Waals surface area contributed by atoms with Crippen LogP contribution in [0.1, 0.15) is 13.8 Å². The van der Waals surface area contributed by atoms with Crippen molar-refractivity contribution in [3.63, 3.8) is 0 Å². The first kappa shape index (κ1) is 5.27. The van der Waals surface area contributed by atoms with E-state index in [1.165, 1.54) is 33.7 Å². The van der Waals surface area contributed by atoms with Gasteiger partial charge in [0.1, 0.15) is 0 Å². The van der Waals surface area contributed by atoms with E-state index in [9.17, 15) is 0 Å². The molecule has 0 aromatic carbocycles. The van der Waals surface area contributed by atoms with Gasteiger partial charge in [-0.15, -0.1) is 0 Å². The molecule has 0 N–H and O–H groups in total. The summed E-state index contributed by atoms with van der Waals surface area (Å²) < 4.78 is 2.88. The minimum absolute atomic E-state index is 0.899. The Kier molecular flexibility index (Phi) is 0.121. The molecule has 10 heterocycles. The predicted octanol–water partition coefficient (Wildman–Crippen LogP) is 4.71. The monoisotopic (exact) mass is 240 g/mol. The standard InChI is InChI=1S/C9H11.C5H5.Fe/c1-4-9-6-5-7(2)8(9)3;1-2-4-5-3-1;/h4-6H,1H2,2-3H3;1-5H;. The molecule has 10 aliphatic rings. The van der Waals surface area contributed by atoms with Gasteiger partial charge in [0, 0.05) is 0 Å². The molecule has 10 saturated heterocycles. The quantitative estimate of drug-likeness (QED) is 0.459. The van der Waals surface area contributed by atoms with Crippen LogP contribution in [0.15, 0.2) is 12.7 Å². The van der Waals surface area contributed by atoms with Crippen LogP contribution in [-0.4, -0.2) is 0 Å². The Hall–Kier alpha value is 0.259. The van der Waals surface area contributed by atoms with E-state index in [1.807, 2.05) is 0 Å². The molecule has 80 valence electrons. The summed E-state index contributed by atoms with van der Waals surface area (Å²) in [5.41, 5.74) is 0. The topological polar surface area (TPSA) is 0 Å². The first-order valence-electron chi connectivity index (χ1n) is 6.73. The molecule has 0 nitrogen and oxygen atoms in total. The van der Waals surface area contributed by atoms with E-state index < -0.39 is 6.51 Å². The Morgan fingerprint density at radius 1 is 1.00 bits per heavy atom. The third-order valence-electron chi connectivity index (χ3n) is 17.1. The summed E-state index contributed by atoms with van der Waals surface area (Å²) in [4.78, 5) is 9.92. The van der Waals surface area contributed by atoms with Crippen molar-refractivity contribution in [3.8, 4) is 0 Å². The fraction of sp³-hybridized carbons (Fsp3) is 0.857. The van der Waals surface area contributed by atoms with Crippen molar-refractivity contribution in [3.05, 3.63) is 12.7 Å². The summed E-state index contributed by atoms with van der Waals surface area (Å²) in [6, 6.07) is 0. The SMILES string of the molecule is C=C[C]12[CH]3[CH]4[C]5(C)[C]1(C)[Fe]43521678[CH]2[CH]1[CH]6[CH]7[CH]28. The van der Waals surface area contributed by atoms with E-state index in [1.54, 1.807) is 0 Å². The Labute approximate surface area is 79.8 Å². The van der Waals surface area contributed by atoms with Gasteiger partial charge in [-0.1, -0.05) is 0 Å². The maximum absolute atomic E-state index is 4.36. The summed E-state index contributed by atoms with van der Waals surface area (Å²) >= 11 is 0. The zero-order valence-electron chi connectivity index (χ0n) is 9.18. The van der Waals surface area contributed by atoms with Gasteiger partial charge in [0.25, 0.3) is 0 Å². The van der Waals surface area contributed by atoms with Crippen LogP contribution in [0.2, 0.25) is 46.7 Å². The van der Waals surface area contributed by atoms with Crippen LogP contribution in [0.25, 0.3) is 0 Å². The first-order valence-corrected chi connectivity index (χ1v) is 12.9. The summed E-state index contributed by atoms with van der Waals surface area (Å²) in [7, 11) is 0. The fourth-order valence-electron chi connectivity index (χ4n) is 19.8. The van der Waals surface area contributed by atoms with Crippen molar-refractivity contribution in [2.75, 3.05) is 0 Å². The average Bonchev–Trinajstić information content (AvgIpc) is 3.17. The van der Waals surface area contributed by atoms with Gasteiger partial charge in [-0.3, -0.25) is 0 Å². The van der Waals surface area contributed by atoms with E-state index >= 15 is 0 Å². The van der Waals surface area contributed by atoms with E-state index in [2.05, 4.69) is 26.5 Å². The van der Waals surface area contributed by atoms with Gasteiger partial charge >= 0.3 is 79.7 Å². The first-order chi connectivity index (χ1) is 6.89. The van der Waals surface area contributed by atoms with Gasteiger partial charge in [-0.25, -0.2) is 0 Å². The van der Waals surface area contributed by atoms with Crippen molar-refractivity contribution in [2.45, 2.75) is 60.5 Å². The van der Waals surface area contributed by atoms with Crippen molar-refractivity contribution < 1.29 is 6.51 Å². The zero-order valence-corrected chi connectivity index (χ0v) is 10.3. The summed E-state index contributed by atoms with van der Waals surface area (Å²) in [6.45, 7) is 7.01. The van der Waals surface area contributed by atoms with Crippen LogP contribution in [0, 0.1) is 0 Å². The third-order valence-corrected chi connectivity index (χ3v) is 63.2. The second-order valence-electron chi connectivity index (χ2n) is 10.8. The normalized spacial score (nSPS) is 143. The summed E-state index contributed by atoms with van der Waals surface area (Å²) in [5.74, 6) is 0. The number of allylic oxidation sites excluding steroid dienone is 1.